The number of thioether (sulfide) groups is 1. The van der Waals surface area contributed by atoms with Crippen LogP contribution in [0.3, 0.4) is 0 Å². The number of aryl methyl sites for hydroxylation is 1. The van der Waals surface area contributed by atoms with E-state index in [1.807, 2.05) is 13.8 Å². The lowest BCUT2D eigenvalue weighted by molar-refractivity contribution is 0.250. The SMILES string of the molecule is Cc1nc(SC(=O)N2CC2C)ns1. The number of carbonyl (C=O) groups excluding carboxylic acids is 1. The lowest BCUT2D eigenvalue weighted by Crippen LogP contribution is -2.05. The van der Waals surface area contributed by atoms with Crippen molar-refractivity contribution in [2.24, 2.45) is 0 Å². The molecule has 1 aromatic rings. The number of hydrogen-bond acceptors (Lipinski definition) is 5. The van der Waals surface area contributed by atoms with E-state index in [2.05, 4.69) is 9.36 Å². The van der Waals surface area contributed by atoms with Gasteiger partial charge in [0.1, 0.15) is 5.01 Å². The summed E-state index contributed by atoms with van der Waals surface area (Å²) >= 11 is 2.44. The lowest BCUT2D eigenvalue weighted by Gasteiger charge is -1.96. The molecule has 13 heavy (non-hydrogen) atoms. The highest BCUT2D eigenvalue weighted by Gasteiger charge is 2.34. The maximum atomic E-state index is 11.4. The Morgan fingerprint density at radius 3 is 2.92 bits per heavy atom. The molecule has 0 N–H and O–H groups in total. The lowest BCUT2D eigenvalue weighted by atomic mass is 10.6. The minimum Gasteiger partial charge on any atom is -0.327 e. The minimum atomic E-state index is 0.0605. The maximum Gasteiger partial charge on any atom is 0.289 e. The molecule has 1 amide bonds. The van der Waals surface area contributed by atoms with Crippen molar-refractivity contribution < 1.29 is 4.79 Å². The van der Waals surface area contributed by atoms with Gasteiger partial charge in [-0.25, -0.2) is 4.98 Å². The second-order valence-corrected chi connectivity index (χ2v) is 4.84. The van der Waals surface area contributed by atoms with Crippen molar-refractivity contribution in [1.29, 1.82) is 0 Å². The summed E-state index contributed by atoms with van der Waals surface area (Å²) < 4.78 is 4.04. The van der Waals surface area contributed by atoms with Crippen LogP contribution in [0.5, 0.6) is 0 Å². The van der Waals surface area contributed by atoms with Gasteiger partial charge < -0.3 is 4.90 Å². The van der Waals surface area contributed by atoms with Crippen LogP contribution in [0.1, 0.15) is 11.9 Å². The van der Waals surface area contributed by atoms with E-state index >= 15 is 0 Å². The van der Waals surface area contributed by atoms with Gasteiger partial charge in [-0.1, -0.05) is 0 Å². The van der Waals surface area contributed by atoms with Crippen LogP contribution < -0.4 is 0 Å². The Morgan fingerprint density at radius 1 is 1.77 bits per heavy atom. The molecule has 1 fully saturated rings. The summed E-state index contributed by atoms with van der Waals surface area (Å²) in [6.07, 6.45) is 0. The quantitative estimate of drug-likeness (QED) is 0.529. The molecular weight excluding hydrogens is 206 g/mol. The van der Waals surface area contributed by atoms with E-state index in [4.69, 9.17) is 0 Å². The van der Waals surface area contributed by atoms with E-state index in [1.165, 1.54) is 11.5 Å². The molecule has 4 nitrogen and oxygen atoms in total. The van der Waals surface area contributed by atoms with Crippen LogP contribution in [-0.4, -0.2) is 32.1 Å². The maximum absolute atomic E-state index is 11.4. The van der Waals surface area contributed by atoms with Crippen LogP contribution in [-0.2, 0) is 0 Å². The van der Waals surface area contributed by atoms with E-state index in [1.54, 1.807) is 4.90 Å². The fourth-order valence-corrected chi connectivity index (χ4v) is 2.36. The third kappa shape index (κ3) is 2.00. The normalized spacial score (nSPS) is 20.5. The first-order valence-electron chi connectivity index (χ1n) is 3.95. The topological polar surface area (TPSA) is 45.9 Å². The Bertz CT molecular complexity index is 338. The Balaban J connectivity index is 1.95. The summed E-state index contributed by atoms with van der Waals surface area (Å²) in [5.41, 5.74) is 0. The minimum absolute atomic E-state index is 0.0605. The van der Waals surface area contributed by atoms with Gasteiger partial charge in [-0.15, -0.1) is 0 Å². The zero-order valence-corrected chi connectivity index (χ0v) is 8.98. The number of aromatic nitrogens is 2. The molecule has 2 rings (SSSR count). The zero-order valence-electron chi connectivity index (χ0n) is 7.35. The molecule has 1 aliphatic heterocycles. The van der Waals surface area contributed by atoms with Gasteiger partial charge >= 0.3 is 0 Å². The van der Waals surface area contributed by atoms with Gasteiger partial charge in [-0.3, -0.25) is 4.79 Å². The molecule has 0 aliphatic carbocycles. The first-order chi connectivity index (χ1) is 6.16. The smallest absolute Gasteiger partial charge is 0.289 e. The van der Waals surface area contributed by atoms with Crippen molar-refractivity contribution >= 4 is 28.5 Å². The first kappa shape index (κ1) is 8.96. The molecule has 0 saturated carbocycles. The Morgan fingerprint density at radius 2 is 2.46 bits per heavy atom. The van der Waals surface area contributed by atoms with Gasteiger partial charge in [0, 0.05) is 24.3 Å². The Hall–Kier alpha value is -0.620. The zero-order chi connectivity index (χ0) is 9.42. The van der Waals surface area contributed by atoms with Crippen LogP contribution >= 0.6 is 23.3 Å². The largest absolute Gasteiger partial charge is 0.327 e. The Labute approximate surface area is 84.5 Å². The summed E-state index contributed by atoms with van der Waals surface area (Å²) in [5, 5.41) is 1.53. The second-order valence-electron chi connectivity index (χ2n) is 2.97. The van der Waals surface area contributed by atoms with Crippen LogP contribution in [0.4, 0.5) is 4.79 Å². The number of rotatable bonds is 1. The Kier molecular flexibility index (Phi) is 2.25. The van der Waals surface area contributed by atoms with Crippen molar-refractivity contribution in [2.45, 2.75) is 25.0 Å². The van der Waals surface area contributed by atoms with Crippen molar-refractivity contribution in [3.63, 3.8) is 0 Å². The average Bonchev–Trinajstić information content (AvgIpc) is 2.66. The summed E-state index contributed by atoms with van der Waals surface area (Å²) in [5.74, 6) is 0. The summed E-state index contributed by atoms with van der Waals surface area (Å²) in [4.78, 5) is 17.3. The molecule has 0 radical (unpaired) electrons. The molecular formula is C7H9N3OS2. The summed E-state index contributed by atoms with van der Waals surface area (Å²) in [6, 6.07) is 0.403. The van der Waals surface area contributed by atoms with Gasteiger partial charge in [0.15, 0.2) is 0 Å². The number of nitrogens with zero attached hydrogens (tertiary/aromatic N) is 3. The van der Waals surface area contributed by atoms with Crippen molar-refractivity contribution in [3.8, 4) is 0 Å². The van der Waals surface area contributed by atoms with E-state index in [0.29, 0.717) is 11.2 Å². The third-order valence-electron chi connectivity index (χ3n) is 1.78. The van der Waals surface area contributed by atoms with Gasteiger partial charge in [0.25, 0.3) is 5.24 Å². The molecule has 70 valence electrons. The number of amides is 1. The van der Waals surface area contributed by atoms with Crippen LogP contribution in [0, 0.1) is 6.92 Å². The summed E-state index contributed by atoms with van der Waals surface area (Å²) in [7, 11) is 0. The molecule has 0 bridgehead atoms. The number of carbonyl (C=O) groups is 1. The van der Waals surface area contributed by atoms with Crippen molar-refractivity contribution in [3.05, 3.63) is 5.01 Å². The highest BCUT2D eigenvalue weighted by atomic mass is 32.2. The monoisotopic (exact) mass is 215 g/mol. The molecule has 6 heteroatoms. The standard InChI is InChI=1S/C7H9N3OS2/c1-4-3-10(4)7(11)12-6-8-5(2)13-9-6/h4H,3H2,1-2H3. The molecule has 1 unspecified atom stereocenters. The van der Waals surface area contributed by atoms with E-state index in [-0.39, 0.29) is 5.24 Å². The molecule has 1 aromatic heterocycles. The first-order valence-corrected chi connectivity index (χ1v) is 5.54. The third-order valence-corrected chi connectivity index (χ3v) is 3.29. The van der Waals surface area contributed by atoms with Crippen LogP contribution in [0.25, 0.3) is 0 Å². The van der Waals surface area contributed by atoms with Gasteiger partial charge in [-0.2, -0.15) is 4.37 Å². The number of hydrogen-bond donors (Lipinski definition) is 0. The molecule has 1 aliphatic rings. The summed E-state index contributed by atoms with van der Waals surface area (Å²) in [6.45, 7) is 4.78. The highest BCUT2D eigenvalue weighted by Crippen LogP contribution is 2.27. The van der Waals surface area contributed by atoms with Crippen LogP contribution in [0.2, 0.25) is 0 Å². The van der Waals surface area contributed by atoms with E-state index in [0.717, 1.165) is 23.3 Å². The predicted molar refractivity (Wildman–Crippen MR) is 52.1 cm³/mol. The van der Waals surface area contributed by atoms with Gasteiger partial charge in [0.05, 0.1) is 0 Å². The highest BCUT2D eigenvalue weighted by molar-refractivity contribution is 8.13. The molecule has 2 heterocycles. The molecule has 0 spiro atoms. The van der Waals surface area contributed by atoms with Gasteiger partial charge in [-0.05, 0) is 25.4 Å². The second kappa shape index (κ2) is 3.26. The fraction of sp³-hybridized carbons (Fsp3) is 0.571. The van der Waals surface area contributed by atoms with Crippen molar-refractivity contribution in [1.82, 2.24) is 14.3 Å². The average molecular weight is 215 g/mol. The fourth-order valence-electron chi connectivity index (χ4n) is 0.951. The van der Waals surface area contributed by atoms with E-state index in [9.17, 15) is 4.79 Å². The van der Waals surface area contributed by atoms with Crippen molar-refractivity contribution in [2.75, 3.05) is 6.54 Å². The molecule has 1 atom stereocenters. The van der Waals surface area contributed by atoms with E-state index < -0.39 is 0 Å². The van der Waals surface area contributed by atoms with Crippen LogP contribution in [0.15, 0.2) is 5.16 Å². The molecule has 1 saturated heterocycles. The predicted octanol–water partition coefficient (Wildman–Crippen LogP) is 1.76. The molecule has 0 aromatic carbocycles. The van der Waals surface area contributed by atoms with Gasteiger partial charge in [0.2, 0.25) is 5.16 Å².